The summed E-state index contributed by atoms with van der Waals surface area (Å²) in [6.45, 7) is 7.92. The van der Waals surface area contributed by atoms with Crippen molar-refractivity contribution in [1.29, 1.82) is 0 Å². The Morgan fingerprint density at radius 1 is 0.593 bits per heavy atom. The molecule has 10 heteroatoms. The molecule has 0 bridgehead atoms. The molecule has 0 aromatic carbocycles. The molecule has 1 saturated heterocycles. The number of fused-ring (bicyclic) bond motifs is 1. The van der Waals surface area contributed by atoms with Crippen LogP contribution < -0.4 is 0 Å². The van der Waals surface area contributed by atoms with E-state index in [0.717, 1.165) is 13.8 Å². The number of carbonyl (C=O) groups excluding carboxylic acids is 4. The first-order valence-electron chi connectivity index (χ1n) is 8.46. The number of hydrogen-bond donors (Lipinski definition) is 0. The molecular weight excluding hydrogens is 364 g/mol. The summed E-state index contributed by atoms with van der Waals surface area (Å²) in [5.41, 5.74) is 0. The van der Waals surface area contributed by atoms with Crippen molar-refractivity contribution in [1.82, 2.24) is 0 Å². The van der Waals surface area contributed by atoms with Gasteiger partial charge < -0.3 is 28.4 Å². The molecule has 10 nitrogen and oxygen atoms in total. The van der Waals surface area contributed by atoms with Crippen LogP contribution >= 0.6 is 0 Å². The van der Waals surface area contributed by atoms with Crippen molar-refractivity contribution in [2.45, 2.75) is 84.0 Å². The lowest BCUT2D eigenvalue weighted by molar-refractivity contribution is -0.234. The maximum absolute atomic E-state index is 11.6. The standard InChI is InChI=1S/C17H24O10/c1-7(18)22-11-12(23-8(2)19)14(25-10(4)21)16-15(13(11)24-9(3)20)26-17(5,6)27-16/h11-16H,1-6H3/t11-,12-,13+,14+,15-,16+/m1/s1. The van der Waals surface area contributed by atoms with E-state index in [0.29, 0.717) is 0 Å². The molecule has 1 saturated carbocycles. The summed E-state index contributed by atoms with van der Waals surface area (Å²) in [4.78, 5) is 46.5. The molecule has 2 rings (SSSR count). The fourth-order valence-corrected chi connectivity index (χ4v) is 3.38. The molecule has 2 fully saturated rings. The first-order valence-corrected chi connectivity index (χ1v) is 8.46. The predicted molar refractivity (Wildman–Crippen MR) is 86.0 cm³/mol. The lowest BCUT2D eigenvalue weighted by Crippen LogP contribution is -2.66. The predicted octanol–water partition coefficient (Wildman–Crippen LogP) is 0.247. The highest BCUT2D eigenvalue weighted by Crippen LogP contribution is 2.41. The van der Waals surface area contributed by atoms with E-state index >= 15 is 0 Å². The molecule has 0 amide bonds. The van der Waals surface area contributed by atoms with E-state index in [1.165, 1.54) is 13.8 Å². The zero-order valence-corrected chi connectivity index (χ0v) is 16.0. The average Bonchev–Trinajstić information content (AvgIpc) is 2.80. The zero-order chi connectivity index (χ0) is 20.5. The van der Waals surface area contributed by atoms with Crippen LogP contribution in [0, 0.1) is 0 Å². The Hall–Kier alpha value is -2.20. The largest absolute Gasteiger partial charge is 0.456 e. The summed E-state index contributed by atoms with van der Waals surface area (Å²) in [6.07, 6.45) is -6.59. The van der Waals surface area contributed by atoms with E-state index in [4.69, 9.17) is 28.4 Å². The summed E-state index contributed by atoms with van der Waals surface area (Å²) >= 11 is 0. The van der Waals surface area contributed by atoms with Crippen molar-refractivity contribution in [3.8, 4) is 0 Å². The Labute approximate surface area is 156 Å². The van der Waals surface area contributed by atoms with Crippen molar-refractivity contribution in [2.75, 3.05) is 0 Å². The first kappa shape index (κ1) is 21.1. The van der Waals surface area contributed by atoms with Crippen LogP contribution in [0.5, 0.6) is 0 Å². The molecule has 0 aromatic heterocycles. The van der Waals surface area contributed by atoms with E-state index in [9.17, 15) is 19.2 Å². The highest BCUT2D eigenvalue weighted by atomic mass is 16.8. The lowest BCUT2D eigenvalue weighted by Gasteiger charge is -2.44. The van der Waals surface area contributed by atoms with Gasteiger partial charge in [-0.3, -0.25) is 19.2 Å². The molecule has 0 radical (unpaired) electrons. The number of carbonyl (C=O) groups is 4. The third kappa shape index (κ3) is 4.95. The normalized spacial score (nSPS) is 34.1. The second kappa shape index (κ2) is 7.81. The summed E-state index contributed by atoms with van der Waals surface area (Å²) in [5.74, 6) is -3.81. The maximum Gasteiger partial charge on any atom is 0.303 e. The third-order valence-electron chi connectivity index (χ3n) is 3.99. The topological polar surface area (TPSA) is 124 Å². The molecule has 6 atom stereocenters. The first-order chi connectivity index (χ1) is 12.4. The second-order valence-corrected chi connectivity index (χ2v) is 6.86. The molecule has 1 aliphatic heterocycles. The Kier molecular flexibility index (Phi) is 6.10. The Bertz CT molecular complexity index is 575. The quantitative estimate of drug-likeness (QED) is 0.489. The number of hydrogen-bond acceptors (Lipinski definition) is 10. The van der Waals surface area contributed by atoms with Crippen LogP contribution in [-0.4, -0.2) is 66.3 Å². The summed E-state index contributed by atoms with van der Waals surface area (Å²) in [5, 5.41) is 0. The molecule has 0 aromatic rings. The Morgan fingerprint density at radius 2 is 0.852 bits per heavy atom. The molecule has 0 N–H and O–H groups in total. The molecule has 1 heterocycles. The van der Waals surface area contributed by atoms with E-state index in [2.05, 4.69) is 0 Å². The summed E-state index contributed by atoms with van der Waals surface area (Å²) in [7, 11) is 0. The molecule has 27 heavy (non-hydrogen) atoms. The summed E-state index contributed by atoms with van der Waals surface area (Å²) < 4.78 is 32.9. The van der Waals surface area contributed by atoms with Gasteiger partial charge in [0.15, 0.2) is 30.2 Å². The van der Waals surface area contributed by atoms with Crippen LogP contribution in [0.2, 0.25) is 0 Å². The Morgan fingerprint density at radius 3 is 1.11 bits per heavy atom. The fourth-order valence-electron chi connectivity index (χ4n) is 3.38. The van der Waals surface area contributed by atoms with Crippen LogP contribution in [0.1, 0.15) is 41.5 Å². The minimum atomic E-state index is -1.25. The van der Waals surface area contributed by atoms with Crippen molar-refractivity contribution in [3.05, 3.63) is 0 Å². The number of ether oxygens (including phenoxy) is 6. The molecule has 2 aliphatic rings. The van der Waals surface area contributed by atoms with Gasteiger partial charge in [0.1, 0.15) is 12.2 Å². The smallest absolute Gasteiger partial charge is 0.303 e. The highest BCUT2D eigenvalue weighted by molar-refractivity contribution is 5.69. The molecule has 0 unspecified atom stereocenters. The third-order valence-corrected chi connectivity index (χ3v) is 3.99. The number of rotatable bonds is 4. The maximum atomic E-state index is 11.6. The van der Waals surface area contributed by atoms with Gasteiger partial charge in [-0.1, -0.05) is 0 Å². The molecular formula is C17H24O10. The van der Waals surface area contributed by atoms with Gasteiger partial charge >= 0.3 is 23.9 Å². The van der Waals surface area contributed by atoms with Gasteiger partial charge in [-0.25, -0.2) is 0 Å². The molecule has 0 spiro atoms. The van der Waals surface area contributed by atoms with Crippen molar-refractivity contribution in [3.63, 3.8) is 0 Å². The van der Waals surface area contributed by atoms with E-state index in [1.54, 1.807) is 13.8 Å². The SMILES string of the molecule is CC(=O)O[C@@H]1[C@@H](OC(C)=O)[C@H](OC(C)=O)[C@@H]2OC(C)(C)O[C@@H]2[C@H]1OC(C)=O. The summed E-state index contributed by atoms with van der Waals surface area (Å²) in [6, 6.07) is 0. The number of esters is 4. The second-order valence-electron chi connectivity index (χ2n) is 6.86. The molecule has 152 valence electrons. The monoisotopic (exact) mass is 388 g/mol. The van der Waals surface area contributed by atoms with Gasteiger partial charge in [0, 0.05) is 27.7 Å². The zero-order valence-electron chi connectivity index (χ0n) is 16.0. The van der Waals surface area contributed by atoms with Crippen molar-refractivity contribution < 1.29 is 47.6 Å². The van der Waals surface area contributed by atoms with E-state index < -0.39 is 66.3 Å². The fraction of sp³-hybridized carbons (Fsp3) is 0.765. The minimum absolute atomic E-state index is 0.656. The average molecular weight is 388 g/mol. The van der Waals surface area contributed by atoms with E-state index in [-0.39, 0.29) is 0 Å². The van der Waals surface area contributed by atoms with Crippen molar-refractivity contribution >= 4 is 23.9 Å². The van der Waals surface area contributed by atoms with Crippen LogP contribution in [0.25, 0.3) is 0 Å². The molecule has 1 aliphatic carbocycles. The van der Waals surface area contributed by atoms with Crippen LogP contribution in [0.4, 0.5) is 0 Å². The van der Waals surface area contributed by atoms with Crippen molar-refractivity contribution in [2.24, 2.45) is 0 Å². The van der Waals surface area contributed by atoms with Gasteiger partial charge in [0.25, 0.3) is 0 Å². The lowest BCUT2D eigenvalue weighted by atomic mass is 9.84. The van der Waals surface area contributed by atoms with Gasteiger partial charge in [-0.2, -0.15) is 0 Å². The minimum Gasteiger partial charge on any atom is -0.456 e. The van der Waals surface area contributed by atoms with Crippen LogP contribution in [0.15, 0.2) is 0 Å². The van der Waals surface area contributed by atoms with Gasteiger partial charge in [0.05, 0.1) is 0 Å². The van der Waals surface area contributed by atoms with Gasteiger partial charge in [-0.05, 0) is 13.8 Å². The van der Waals surface area contributed by atoms with E-state index in [1.807, 2.05) is 0 Å². The van der Waals surface area contributed by atoms with Gasteiger partial charge in [0.2, 0.25) is 0 Å². The van der Waals surface area contributed by atoms with Crippen LogP contribution in [0.3, 0.4) is 0 Å². The Balaban J connectivity index is 2.52. The highest BCUT2D eigenvalue weighted by Gasteiger charge is 2.63. The van der Waals surface area contributed by atoms with Gasteiger partial charge in [-0.15, -0.1) is 0 Å². The van der Waals surface area contributed by atoms with Crippen LogP contribution in [-0.2, 0) is 47.6 Å².